The first-order chi connectivity index (χ1) is 13.5. The van der Waals surface area contributed by atoms with Crippen molar-refractivity contribution in [2.75, 3.05) is 26.1 Å². The average molecular weight is 403 g/mol. The summed E-state index contributed by atoms with van der Waals surface area (Å²) in [6.45, 7) is -0.212. The smallest absolute Gasteiger partial charge is 0.245 e. The topological polar surface area (TPSA) is 89.5 Å². The lowest BCUT2D eigenvalue weighted by atomic mass is 10.1. The summed E-state index contributed by atoms with van der Waals surface area (Å²) in [5.41, 5.74) is 1.19. The fourth-order valence-electron chi connectivity index (χ4n) is 2.55. The predicted octanol–water partition coefficient (Wildman–Crippen LogP) is 2.75. The SMILES string of the molecule is COc1cc2nc(NC(=O)CNC(=O)Cc3cccc(F)c3)sc2cc1OC. The Labute approximate surface area is 164 Å². The van der Waals surface area contributed by atoms with Crippen molar-refractivity contribution in [2.45, 2.75) is 6.42 Å². The lowest BCUT2D eigenvalue weighted by Gasteiger charge is -2.05. The molecular weight excluding hydrogens is 385 g/mol. The molecule has 0 fully saturated rings. The summed E-state index contributed by atoms with van der Waals surface area (Å²) in [5, 5.41) is 5.55. The van der Waals surface area contributed by atoms with Crippen LogP contribution in [0, 0.1) is 5.82 Å². The first kappa shape index (κ1) is 19.6. The van der Waals surface area contributed by atoms with Crippen LogP contribution in [-0.2, 0) is 16.0 Å². The molecule has 0 unspecified atom stereocenters. The van der Waals surface area contributed by atoms with Gasteiger partial charge in [-0.25, -0.2) is 9.37 Å². The van der Waals surface area contributed by atoms with Gasteiger partial charge in [0.2, 0.25) is 11.8 Å². The number of amides is 2. The van der Waals surface area contributed by atoms with Gasteiger partial charge in [-0.05, 0) is 17.7 Å². The van der Waals surface area contributed by atoms with Gasteiger partial charge in [-0.3, -0.25) is 9.59 Å². The fraction of sp³-hybridized carbons (Fsp3) is 0.211. The first-order valence-electron chi connectivity index (χ1n) is 8.32. The molecule has 1 heterocycles. The molecule has 0 bridgehead atoms. The van der Waals surface area contributed by atoms with Gasteiger partial charge in [0.1, 0.15) is 5.82 Å². The van der Waals surface area contributed by atoms with Crippen molar-refractivity contribution in [1.82, 2.24) is 10.3 Å². The van der Waals surface area contributed by atoms with Gasteiger partial charge in [-0.15, -0.1) is 0 Å². The molecule has 0 aliphatic carbocycles. The summed E-state index contributed by atoms with van der Waals surface area (Å²) in [5.74, 6) is -0.0823. The zero-order valence-corrected chi connectivity index (χ0v) is 16.1. The number of nitrogens with one attached hydrogen (secondary N) is 2. The van der Waals surface area contributed by atoms with Crippen molar-refractivity contribution in [3.8, 4) is 11.5 Å². The molecule has 0 atom stereocenters. The van der Waals surface area contributed by atoms with E-state index >= 15 is 0 Å². The highest BCUT2D eigenvalue weighted by Gasteiger charge is 2.13. The molecule has 1 aromatic heterocycles. The number of halogens is 1. The molecule has 0 saturated carbocycles. The van der Waals surface area contributed by atoms with Crippen molar-refractivity contribution in [1.29, 1.82) is 0 Å². The maximum absolute atomic E-state index is 13.1. The van der Waals surface area contributed by atoms with E-state index in [1.165, 1.54) is 36.6 Å². The summed E-state index contributed by atoms with van der Waals surface area (Å²) in [6.07, 6.45) is -0.00817. The van der Waals surface area contributed by atoms with Crippen LogP contribution >= 0.6 is 11.3 Å². The Morgan fingerprint density at radius 1 is 1.11 bits per heavy atom. The summed E-state index contributed by atoms with van der Waals surface area (Å²) in [7, 11) is 3.07. The van der Waals surface area contributed by atoms with E-state index in [1.54, 1.807) is 25.3 Å². The number of aromatic nitrogens is 1. The van der Waals surface area contributed by atoms with Crippen LogP contribution in [0.1, 0.15) is 5.56 Å². The molecule has 2 N–H and O–H groups in total. The highest BCUT2D eigenvalue weighted by molar-refractivity contribution is 7.22. The number of benzene rings is 2. The zero-order chi connectivity index (χ0) is 20.1. The number of ether oxygens (including phenoxy) is 2. The first-order valence-corrected chi connectivity index (χ1v) is 9.13. The van der Waals surface area contributed by atoms with Gasteiger partial charge < -0.3 is 20.1 Å². The minimum atomic E-state index is -0.412. The van der Waals surface area contributed by atoms with Gasteiger partial charge >= 0.3 is 0 Å². The molecule has 0 aliphatic rings. The molecule has 7 nitrogen and oxygen atoms in total. The second-order valence-corrected chi connectivity index (χ2v) is 6.86. The van der Waals surface area contributed by atoms with Crippen molar-refractivity contribution in [3.63, 3.8) is 0 Å². The monoisotopic (exact) mass is 403 g/mol. The van der Waals surface area contributed by atoms with Crippen LogP contribution in [0.5, 0.6) is 11.5 Å². The number of hydrogen-bond acceptors (Lipinski definition) is 6. The third-order valence-corrected chi connectivity index (χ3v) is 4.77. The van der Waals surface area contributed by atoms with Crippen LogP contribution in [0.25, 0.3) is 10.2 Å². The molecular formula is C19H18FN3O4S. The molecule has 0 spiro atoms. The van der Waals surface area contributed by atoms with Crippen molar-refractivity contribution in [3.05, 3.63) is 47.8 Å². The number of nitrogens with zero attached hydrogens (tertiary/aromatic N) is 1. The number of methoxy groups -OCH3 is 2. The quantitative estimate of drug-likeness (QED) is 0.633. The minimum absolute atomic E-state index is 0.00817. The average Bonchev–Trinajstić information content (AvgIpc) is 3.06. The summed E-state index contributed by atoms with van der Waals surface area (Å²) in [6, 6.07) is 9.26. The van der Waals surface area contributed by atoms with Crippen LogP contribution in [0.2, 0.25) is 0 Å². The van der Waals surface area contributed by atoms with E-state index in [0.717, 1.165) is 4.70 Å². The lowest BCUT2D eigenvalue weighted by molar-refractivity contribution is -0.123. The summed E-state index contributed by atoms with van der Waals surface area (Å²) < 4.78 is 24.5. The predicted molar refractivity (Wildman–Crippen MR) is 104 cm³/mol. The molecule has 146 valence electrons. The van der Waals surface area contributed by atoms with Crippen LogP contribution < -0.4 is 20.1 Å². The van der Waals surface area contributed by atoms with E-state index in [2.05, 4.69) is 15.6 Å². The highest BCUT2D eigenvalue weighted by atomic mass is 32.1. The van der Waals surface area contributed by atoms with E-state index in [-0.39, 0.29) is 18.9 Å². The second kappa shape index (κ2) is 8.66. The van der Waals surface area contributed by atoms with Gasteiger partial charge in [0, 0.05) is 12.1 Å². The molecule has 0 radical (unpaired) electrons. The van der Waals surface area contributed by atoms with E-state index in [0.29, 0.717) is 27.7 Å². The number of hydrogen-bond donors (Lipinski definition) is 2. The summed E-state index contributed by atoms with van der Waals surface area (Å²) in [4.78, 5) is 28.3. The Hall–Kier alpha value is -3.20. The van der Waals surface area contributed by atoms with Crippen LogP contribution in [0.3, 0.4) is 0 Å². The number of carbonyl (C=O) groups excluding carboxylic acids is 2. The van der Waals surface area contributed by atoms with E-state index in [4.69, 9.17) is 9.47 Å². The molecule has 2 aromatic carbocycles. The van der Waals surface area contributed by atoms with Gasteiger partial charge in [0.05, 0.1) is 37.4 Å². The third-order valence-electron chi connectivity index (χ3n) is 3.84. The third kappa shape index (κ3) is 4.74. The molecule has 9 heteroatoms. The number of anilines is 1. The Morgan fingerprint density at radius 2 is 1.86 bits per heavy atom. The van der Waals surface area contributed by atoms with Crippen LogP contribution in [0.4, 0.5) is 9.52 Å². The summed E-state index contributed by atoms with van der Waals surface area (Å²) >= 11 is 1.28. The normalized spacial score (nSPS) is 10.5. The van der Waals surface area contributed by atoms with Gasteiger partial charge in [0.15, 0.2) is 16.6 Å². The standard InChI is InChI=1S/C19H18FN3O4S/c1-26-14-8-13-16(9-15(14)27-2)28-19(22-13)23-18(25)10-21-17(24)7-11-4-3-5-12(20)6-11/h3-6,8-9H,7,10H2,1-2H3,(H,21,24)(H,22,23,25). The molecule has 28 heavy (non-hydrogen) atoms. The molecule has 0 aliphatic heterocycles. The number of rotatable bonds is 7. The highest BCUT2D eigenvalue weighted by Crippen LogP contribution is 2.36. The Bertz CT molecular complexity index is 981. The van der Waals surface area contributed by atoms with Gasteiger partial charge in [-0.1, -0.05) is 23.5 Å². The van der Waals surface area contributed by atoms with E-state index < -0.39 is 11.7 Å². The van der Waals surface area contributed by atoms with Crippen molar-refractivity contribution in [2.24, 2.45) is 0 Å². The van der Waals surface area contributed by atoms with Crippen LogP contribution in [-0.4, -0.2) is 37.6 Å². The minimum Gasteiger partial charge on any atom is -0.493 e. The molecule has 2 amide bonds. The van der Waals surface area contributed by atoms with Crippen LogP contribution in [0.15, 0.2) is 36.4 Å². The molecule has 3 rings (SSSR count). The Morgan fingerprint density at radius 3 is 2.57 bits per heavy atom. The Balaban J connectivity index is 1.57. The molecule has 3 aromatic rings. The molecule has 0 saturated heterocycles. The van der Waals surface area contributed by atoms with Crippen molar-refractivity contribution < 1.29 is 23.5 Å². The second-order valence-electron chi connectivity index (χ2n) is 5.83. The number of carbonyl (C=O) groups is 2. The fourth-order valence-corrected chi connectivity index (χ4v) is 3.44. The van der Waals surface area contributed by atoms with E-state index in [1.807, 2.05) is 0 Å². The van der Waals surface area contributed by atoms with Gasteiger partial charge in [0.25, 0.3) is 0 Å². The van der Waals surface area contributed by atoms with Crippen molar-refractivity contribution >= 4 is 38.5 Å². The maximum Gasteiger partial charge on any atom is 0.245 e. The maximum atomic E-state index is 13.1. The largest absolute Gasteiger partial charge is 0.493 e. The number of fused-ring (bicyclic) bond motifs is 1. The van der Waals surface area contributed by atoms with Gasteiger partial charge in [-0.2, -0.15) is 0 Å². The lowest BCUT2D eigenvalue weighted by Crippen LogP contribution is -2.33. The zero-order valence-electron chi connectivity index (χ0n) is 15.2. The Kier molecular flexibility index (Phi) is 6.05. The number of thiazole rings is 1. The van der Waals surface area contributed by atoms with E-state index in [9.17, 15) is 14.0 Å².